The molecule has 1 aromatic heterocycles. The molecule has 7 heteroatoms. The molecule has 0 saturated carbocycles. The van der Waals surface area contributed by atoms with Gasteiger partial charge in [-0.25, -0.2) is 0 Å². The molecule has 7 nitrogen and oxygen atoms in total. The fourth-order valence-corrected chi connectivity index (χ4v) is 3.17. The number of nitrogens with zero attached hydrogens (tertiary/aromatic N) is 4. The molecule has 2 rings (SSSR count). The summed E-state index contributed by atoms with van der Waals surface area (Å²) in [7, 11) is 0. The van der Waals surface area contributed by atoms with Crippen LogP contribution in [-0.4, -0.2) is 57.4 Å². The van der Waals surface area contributed by atoms with Crippen LogP contribution < -0.4 is 0 Å². The lowest BCUT2D eigenvalue weighted by atomic mass is 10.0. The van der Waals surface area contributed by atoms with E-state index in [9.17, 15) is 9.59 Å². The van der Waals surface area contributed by atoms with Gasteiger partial charge in [-0.2, -0.15) is 4.98 Å². The Labute approximate surface area is 143 Å². The van der Waals surface area contributed by atoms with E-state index in [2.05, 4.69) is 10.1 Å². The van der Waals surface area contributed by atoms with E-state index in [0.717, 1.165) is 19.4 Å². The van der Waals surface area contributed by atoms with Gasteiger partial charge in [-0.15, -0.1) is 0 Å². The molecule has 2 amide bonds. The summed E-state index contributed by atoms with van der Waals surface area (Å²) in [6.07, 6.45) is 2.98. The van der Waals surface area contributed by atoms with Crippen LogP contribution in [0.25, 0.3) is 0 Å². The molecule has 0 spiro atoms. The van der Waals surface area contributed by atoms with Crippen molar-refractivity contribution < 1.29 is 14.1 Å². The van der Waals surface area contributed by atoms with Gasteiger partial charge in [-0.1, -0.05) is 19.0 Å². The summed E-state index contributed by atoms with van der Waals surface area (Å²) >= 11 is 0. The number of rotatable bonds is 6. The number of likely N-dealkylation sites (tertiary alicyclic amines) is 1. The second-order valence-electron chi connectivity index (χ2n) is 6.93. The highest BCUT2D eigenvalue weighted by Gasteiger charge is 2.29. The lowest BCUT2D eigenvalue weighted by molar-refractivity contribution is -0.139. The van der Waals surface area contributed by atoms with Gasteiger partial charge in [-0.05, 0) is 18.8 Å². The predicted octanol–water partition coefficient (Wildman–Crippen LogP) is 1.81. The third kappa shape index (κ3) is 5.04. The fraction of sp³-hybridized carbons (Fsp3) is 0.765. The van der Waals surface area contributed by atoms with Crippen molar-refractivity contribution in [1.82, 2.24) is 19.9 Å². The Kier molecular flexibility index (Phi) is 6.34. The first-order chi connectivity index (χ1) is 11.4. The van der Waals surface area contributed by atoms with Crippen molar-refractivity contribution >= 4 is 11.8 Å². The molecule has 0 aliphatic carbocycles. The van der Waals surface area contributed by atoms with E-state index in [4.69, 9.17) is 4.52 Å². The van der Waals surface area contributed by atoms with Crippen LogP contribution in [0.3, 0.4) is 0 Å². The molecule has 1 fully saturated rings. The molecule has 1 atom stereocenters. The maximum absolute atomic E-state index is 12.3. The molecule has 24 heavy (non-hydrogen) atoms. The predicted molar refractivity (Wildman–Crippen MR) is 89.2 cm³/mol. The van der Waals surface area contributed by atoms with E-state index < -0.39 is 0 Å². The molecule has 1 aromatic rings. The van der Waals surface area contributed by atoms with E-state index in [0.29, 0.717) is 43.6 Å². The third-order valence-corrected chi connectivity index (χ3v) is 4.32. The topological polar surface area (TPSA) is 79.5 Å². The van der Waals surface area contributed by atoms with Crippen molar-refractivity contribution in [1.29, 1.82) is 0 Å². The van der Waals surface area contributed by atoms with Crippen LogP contribution in [0.4, 0.5) is 0 Å². The summed E-state index contributed by atoms with van der Waals surface area (Å²) in [5.41, 5.74) is 0. The fourth-order valence-electron chi connectivity index (χ4n) is 3.17. The molecule has 1 aliphatic rings. The summed E-state index contributed by atoms with van der Waals surface area (Å²) < 4.78 is 4.97. The molecule has 0 N–H and O–H groups in total. The summed E-state index contributed by atoms with van der Waals surface area (Å²) in [6, 6.07) is 0.0698. The molecular formula is C17H28N4O3. The van der Waals surface area contributed by atoms with Gasteiger partial charge >= 0.3 is 0 Å². The Morgan fingerprint density at radius 1 is 1.42 bits per heavy atom. The molecule has 1 aliphatic heterocycles. The van der Waals surface area contributed by atoms with Crippen molar-refractivity contribution in [2.45, 2.75) is 59.4 Å². The van der Waals surface area contributed by atoms with Crippen molar-refractivity contribution in [3.05, 3.63) is 11.7 Å². The maximum atomic E-state index is 12.3. The highest BCUT2D eigenvalue weighted by molar-refractivity contribution is 5.77. The second kappa shape index (κ2) is 8.26. The van der Waals surface area contributed by atoms with Crippen molar-refractivity contribution in [2.24, 2.45) is 5.92 Å². The van der Waals surface area contributed by atoms with Crippen LogP contribution >= 0.6 is 0 Å². The minimum atomic E-state index is 0.0263. The number of amides is 2. The van der Waals surface area contributed by atoms with Crippen molar-refractivity contribution in [3.63, 3.8) is 0 Å². The van der Waals surface area contributed by atoms with E-state index in [1.807, 2.05) is 23.6 Å². The Balaban J connectivity index is 1.96. The number of aryl methyl sites for hydroxylation is 1. The quantitative estimate of drug-likeness (QED) is 0.791. The van der Waals surface area contributed by atoms with Crippen LogP contribution in [0, 0.1) is 12.8 Å². The van der Waals surface area contributed by atoms with E-state index in [1.54, 1.807) is 13.8 Å². The van der Waals surface area contributed by atoms with Crippen molar-refractivity contribution in [3.8, 4) is 0 Å². The molecule has 0 aromatic carbocycles. The minimum absolute atomic E-state index is 0.0263. The summed E-state index contributed by atoms with van der Waals surface area (Å²) in [6.45, 7) is 9.39. The van der Waals surface area contributed by atoms with Crippen LogP contribution in [-0.2, 0) is 16.0 Å². The van der Waals surface area contributed by atoms with Gasteiger partial charge < -0.3 is 14.3 Å². The number of aromatic nitrogens is 2. The molecule has 0 bridgehead atoms. The van der Waals surface area contributed by atoms with Crippen molar-refractivity contribution in [2.75, 3.05) is 19.6 Å². The molecule has 0 radical (unpaired) electrons. The van der Waals surface area contributed by atoms with Crippen LogP contribution in [0.15, 0.2) is 4.52 Å². The Hall–Kier alpha value is -1.92. The zero-order valence-corrected chi connectivity index (χ0v) is 15.1. The monoisotopic (exact) mass is 336 g/mol. The largest absolute Gasteiger partial charge is 0.341 e. The standard InChI is InChI=1S/C17H28N4O3/c1-12(2)10-17(23)20-8-5-6-15(11-20)21(14(4)22)9-7-16-18-13(3)24-19-16/h12,15H,5-11H2,1-4H3. The lowest BCUT2D eigenvalue weighted by Crippen LogP contribution is -2.51. The SMILES string of the molecule is CC(=O)N(CCc1noc(C)n1)C1CCCN(C(=O)CC(C)C)C1. The van der Waals surface area contributed by atoms with E-state index in [1.165, 1.54) is 0 Å². The van der Waals surface area contributed by atoms with Gasteiger partial charge in [0.05, 0.1) is 0 Å². The van der Waals surface area contributed by atoms with Gasteiger partial charge in [0.15, 0.2) is 5.82 Å². The number of hydrogen-bond donors (Lipinski definition) is 0. The van der Waals surface area contributed by atoms with E-state index in [-0.39, 0.29) is 17.9 Å². The zero-order chi connectivity index (χ0) is 17.7. The Morgan fingerprint density at radius 2 is 2.17 bits per heavy atom. The average molecular weight is 336 g/mol. The first kappa shape index (κ1) is 18.4. The van der Waals surface area contributed by atoms with Gasteiger partial charge in [0.1, 0.15) is 0 Å². The molecule has 134 valence electrons. The molecular weight excluding hydrogens is 308 g/mol. The third-order valence-electron chi connectivity index (χ3n) is 4.32. The number of carbonyl (C=O) groups excluding carboxylic acids is 2. The molecule has 1 saturated heterocycles. The Morgan fingerprint density at radius 3 is 2.75 bits per heavy atom. The van der Waals surface area contributed by atoms with Gasteiger partial charge in [0.25, 0.3) is 0 Å². The zero-order valence-electron chi connectivity index (χ0n) is 15.1. The smallest absolute Gasteiger partial charge is 0.223 e. The minimum Gasteiger partial charge on any atom is -0.341 e. The number of carbonyl (C=O) groups is 2. The summed E-state index contributed by atoms with van der Waals surface area (Å²) in [4.78, 5) is 32.3. The summed E-state index contributed by atoms with van der Waals surface area (Å²) in [5.74, 6) is 1.71. The second-order valence-corrected chi connectivity index (χ2v) is 6.93. The number of piperidine rings is 1. The number of hydrogen-bond acceptors (Lipinski definition) is 5. The highest BCUT2D eigenvalue weighted by Crippen LogP contribution is 2.18. The maximum Gasteiger partial charge on any atom is 0.223 e. The first-order valence-electron chi connectivity index (χ1n) is 8.71. The first-order valence-corrected chi connectivity index (χ1v) is 8.71. The van der Waals surface area contributed by atoms with Gasteiger partial charge in [0, 0.05) is 52.4 Å². The summed E-state index contributed by atoms with van der Waals surface area (Å²) in [5, 5.41) is 3.88. The van der Waals surface area contributed by atoms with Crippen LogP contribution in [0.2, 0.25) is 0 Å². The molecule has 1 unspecified atom stereocenters. The molecule has 2 heterocycles. The van der Waals surface area contributed by atoms with Gasteiger partial charge in [-0.3, -0.25) is 9.59 Å². The van der Waals surface area contributed by atoms with E-state index >= 15 is 0 Å². The van der Waals surface area contributed by atoms with Crippen LogP contribution in [0.5, 0.6) is 0 Å². The highest BCUT2D eigenvalue weighted by atomic mass is 16.5. The van der Waals surface area contributed by atoms with Crippen LogP contribution in [0.1, 0.15) is 51.7 Å². The normalized spacial score (nSPS) is 18.0. The Bertz CT molecular complexity index is 570. The average Bonchev–Trinajstić information content (AvgIpc) is 2.92. The van der Waals surface area contributed by atoms with Gasteiger partial charge in [0.2, 0.25) is 17.7 Å². The lowest BCUT2D eigenvalue weighted by Gasteiger charge is -2.39.